The quantitative estimate of drug-likeness (QED) is 0.832. The van der Waals surface area contributed by atoms with Crippen LogP contribution in [0.4, 0.5) is 0 Å². The number of aromatic nitrogens is 2. The highest BCUT2D eigenvalue weighted by Gasteiger charge is 2.25. The van der Waals surface area contributed by atoms with Gasteiger partial charge in [0.1, 0.15) is 5.82 Å². The molecule has 1 aliphatic heterocycles. The largest absolute Gasteiger partial charge is 0.334 e. The van der Waals surface area contributed by atoms with Crippen LogP contribution in [0.3, 0.4) is 0 Å². The highest BCUT2D eigenvalue weighted by Crippen LogP contribution is 2.31. The van der Waals surface area contributed by atoms with Gasteiger partial charge in [0.05, 0.1) is 11.6 Å². The average molecular weight is 334 g/mol. The van der Waals surface area contributed by atoms with Crippen molar-refractivity contribution in [3.63, 3.8) is 0 Å². The molecule has 25 heavy (non-hydrogen) atoms. The summed E-state index contributed by atoms with van der Waals surface area (Å²) in [7, 11) is 0. The molecule has 1 saturated heterocycles. The molecule has 1 aromatic carbocycles. The molecule has 4 nitrogen and oxygen atoms in total. The van der Waals surface area contributed by atoms with Gasteiger partial charge in [0, 0.05) is 31.4 Å². The Morgan fingerprint density at radius 2 is 2.00 bits per heavy atom. The Labute approximate surface area is 150 Å². The summed E-state index contributed by atoms with van der Waals surface area (Å²) in [5, 5.41) is 9.05. The molecule has 0 radical (unpaired) electrons. The zero-order chi connectivity index (χ0) is 17.1. The number of hydrogen-bond acceptors (Lipinski definition) is 3. The Balaban J connectivity index is 1.34. The van der Waals surface area contributed by atoms with Crippen LogP contribution in [0.25, 0.3) is 0 Å². The van der Waals surface area contributed by atoms with Crippen molar-refractivity contribution in [2.75, 3.05) is 13.1 Å². The van der Waals surface area contributed by atoms with E-state index < -0.39 is 0 Å². The SMILES string of the molecule is N#Cc1cccc(CN2CCC(c3nccn3CC3CCC3)CC2)c1. The Bertz CT molecular complexity index is 745. The van der Waals surface area contributed by atoms with Crippen LogP contribution in [-0.4, -0.2) is 27.5 Å². The van der Waals surface area contributed by atoms with Gasteiger partial charge in [-0.1, -0.05) is 18.6 Å². The Morgan fingerprint density at radius 3 is 2.72 bits per heavy atom. The summed E-state index contributed by atoms with van der Waals surface area (Å²) in [6.45, 7) is 4.32. The van der Waals surface area contributed by atoms with Gasteiger partial charge < -0.3 is 4.57 Å². The van der Waals surface area contributed by atoms with Gasteiger partial charge in [-0.3, -0.25) is 4.90 Å². The molecule has 0 bridgehead atoms. The minimum atomic E-state index is 0.594. The molecule has 2 fully saturated rings. The lowest BCUT2D eigenvalue weighted by Crippen LogP contribution is -2.33. The number of nitrogens with zero attached hydrogens (tertiary/aromatic N) is 4. The summed E-state index contributed by atoms with van der Waals surface area (Å²) in [4.78, 5) is 7.20. The van der Waals surface area contributed by atoms with Gasteiger partial charge in [-0.15, -0.1) is 0 Å². The van der Waals surface area contributed by atoms with Crippen LogP contribution in [0.15, 0.2) is 36.7 Å². The Hall–Kier alpha value is -2.12. The third kappa shape index (κ3) is 3.77. The van der Waals surface area contributed by atoms with Crippen molar-refractivity contribution >= 4 is 0 Å². The monoisotopic (exact) mass is 334 g/mol. The van der Waals surface area contributed by atoms with Crippen molar-refractivity contribution in [2.45, 2.75) is 51.1 Å². The van der Waals surface area contributed by atoms with E-state index in [-0.39, 0.29) is 0 Å². The van der Waals surface area contributed by atoms with E-state index in [4.69, 9.17) is 10.2 Å². The van der Waals surface area contributed by atoms with Crippen LogP contribution >= 0.6 is 0 Å². The summed E-state index contributed by atoms with van der Waals surface area (Å²) in [6, 6.07) is 10.2. The van der Waals surface area contributed by atoms with E-state index in [1.165, 1.54) is 43.5 Å². The molecule has 4 rings (SSSR count). The third-order valence-electron chi connectivity index (χ3n) is 5.84. The van der Waals surface area contributed by atoms with Crippen LogP contribution in [0.2, 0.25) is 0 Å². The first-order valence-electron chi connectivity index (χ1n) is 9.54. The van der Waals surface area contributed by atoms with Crippen molar-refractivity contribution < 1.29 is 0 Å². The maximum atomic E-state index is 9.05. The van der Waals surface area contributed by atoms with Crippen molar-refractivity contribution in [1.82, 2.24) is 14.5 Å². The zero-order valence-electron chi connectivity index (χ0n) is 14.8. The highest BCUT2D eigenvalue weighted by molar-refractivity contribution is 5.32. The van der Waals surface area contributed by atoms with E-state index in [0.717, 1.165) is 37.7 Å². The molecule has 2 heterocycles. The van der Waals surface area contributed by atoms with Crippen LogP contribution in [0.1, 0.15) is 55.0 Å². The maximum Gasteiger partial charge on any atom is 0.111 e. The van der Waals surface area contributed by atoms with E-state index in [0.29, 0.717) is 5.92 Å². The van der Waals surface area contributed by atoms with Gasteiger partial charge in [0.15, 0.2) is 0 Å². The van der Waals surface area contributed by atoms with E-state index in [2.05, 4.69) is 27.8 Å². The number of rotatable bonds is 5. The fourth-order valence-corrected chi connectivity index (χ4v) is 4.14. The van der Waals surface area contributed by atoms with Crippen LogP contribution in [-0.2, 0) is 13.1 Å². The lowest BCUT2D eigenvalue weighted by atomic mass is 9.85. The average Bonchev–Trinajstić information content (AvgIpc) is 3.07. The summed E-state index contributed by atoms with van der Waals surface area (Å²) in [5.41, 5.74) is 1.99. The molecule has 0 atom stereocenters. The fraction of sp³-hybridized carbons (Fsp3) is 0.524. The van der Waals surface area contributed by atoms with Crippen molar-refractivity contribution in [2.24, 2.45) is 5.92 Å². The second-order valence-electron chi connectivity index (χ2n) is 7.60. The smallest absolute Gasteiger partial charge is 0.111 e. The van der Waals surface area contributed by atoms with E-state index >= 15 is 0 Å². The number of hydrogen-bond donors (Lipinski definition) is 0. The fourth-order valence-electron chi connectivity index (χ4n) is 4.14. The number of nitriles is 1. The summed E-state index contributed by atoms with van der Waals surface area (Å²) in [5.74, 6) is 2.77. The standard InChI is InChI=1S/C21H26N4/c22-14-18-5-2-6-19(13-18)15-24-10-7-20(8-11-24)21-23-9-12-25(21)16-17-3-1-4-17/h2,5-6,9,12-13,17,20H,1,3-4,7-8,10-11,15-16H2. The minimum Gasteiger partial charge on any atom is -0.334 e. The van der Waals surface area contributed by atoms with E-state index in [1.807, 2.05) is 24.4 Å². The Morgan fingerprint density at radius 1 is 1.16 bits per heavy atom. The van der Waals surface area contributed by atoms with E-state index in [1.54, 1.807) is 0 Å². The molecule has 1 aliphatic carbocycles. The van der Waals surface area contributed by atoms with Crippen LogP contribution in [0.5, 0.6) is 0 Å². The molecule has 0 amide bonds. The lowest BCUT2D eigenvalue weighted by molar-refractivity contribution is 0.197. The number of likely N-dealkylation sites (tertiary alicyclic amines) is 1. The second-order valence-corrected chi connectivity index (χ2v) is 7.60. The van der Waals surface area contributed by atoms with E-state index in [9.17, 15) is 0 Å². The number of piperidine rings is 1. The molecule has 1 saturated carbocycles. The van der Waals surface area contributed by atoms with Crippen LogP contribution < -0.4 is 0 Å². The van der Waals surface area contributed by atoms with Gasteiger partial charge in [-0.2, -0.15) is 5.26 Å². The molecule has 4 heteroatoms. The molecule has 2 aliphatic rings. The molecule has 130 valence electrons. The predicted molar refractivity (Wildman–Crippen MR) is 98.0 cm³/mol. The third-order valence-corrected chi connectivity index (χ3v) is 5.84. The Kier molecular flexibility index (Phi) is 4.85. The summed E-state index contributed by atoms with van der Waals surface area (Å²) in [6.07, 6.45) is 10.7. The molecule has 1 aromatic heterocycles. The van der Waals surface area contributed by atoms with Gasteiger partial charge in [-0.25, -0.2) is 4.98 Å². The summed E-state index contributed by atoms with van der Waals surface area (Å²) < 4.78 is 2.42. The lowest BCUT2D eigenvalue weighted by Gasteiger charge is -2.33. The molecule has 2 aromatic rings. The van der Waals surface area contributed by atoms with Gasteiger partial charge >= 0.3 is 0 Å². The number of benzene rings is 1. The van der Waals surface area contributed by atoms with Crippen molar-refractivity contribution in [3.8, 4) is 6.07 Å². The number of imidazole rings is 1. The normalized spacial score (nSPS) is 19.5. The predicted octanol–water partition coefficient (Wildman–Crippen LogP) is 3.93. The first-order valence-corrected chi connectivity index (χ1v) is 9.54. The summed E-state index contributed by atoms with van der Waals surface area (Å²) >= 11 is 0. The van der Waals surface area contributed by atoms with Crippen LogP contribution in [0, 0.1) is 17.2 Å². The minimum absolute atomic E-state index is 0.594. The first kappa shape index (κ1) is 16.4. The van der Waals surface area contributed by atoms with Gasteiger partial charge in [0.25, 0.3) is 0 Å². The van der Waals surface area contributed by atoms with Gasteiger partial charge in [0.2, 0.25) is 0 Å². The topological polar surface area (TPSA) is 44.9 Å². The van der Waals surface area contributed by atoms with Crippen molar-refractivity contribution in [1.29, 1.82) is 5.26 Å². The molecule has 0 N–H and O–H groups in total. The van der Waals surface area contributed by atoms with Gasteiger partial charge in [-0.05, 0) is 62.4 Å². The molecular weight excluding hydrogens is 308 g/mol. The van der Waals surface area contributed by atoms with Crippen molar-refractivity contribution in [3.05, 3.63) is 53.6 Å². The zero-order valence-corrected chi connectivity index (χ0v) is 14.8. The highest BCUT2D eigenvalue weighted by atomic mass is 15.1. The molecular formula is C21H26N4. The second kappa shape index (κ2) is 7.41. The molecule has 0 spiro atoms. The maximum absolute atomic E-state index is 9.05. The first-order chi connectivity index (χ1) is 12.3. The molecule has 0 unspecified atom stereocenters.